The fourth-order valence-electron chi connectivity index (χ4n) is 3.11. The molecule has 5 nitrogen and oxygen atoms in total. The maximum atomic E-state index is 13.0. The number of aromatic nitrogens is 3. The van der Waals surface area contributed by atoms with Gasteiger partial charge in [0, 0.05) is 25.4 Å². The van der Waals surface area contributed by atoms with E-state index in [-0.39, 0.29) is 13.0 Å². The van der Waals surface area contributed by atoms with Crippen LogP contribution in [0, 0.1) is 16.6 Å². The summed E-state index contributed by atoms with van der Waals surface area (Å²) in [5.74, 6) is -2.26. The molecule has 2 atom stereocenters. The number of alkyl halides is 3. The van der Waals surface area contributed by atoms with E-state index in [1.54, 1.807) is 4.57 Å². The van der Waals surface area contributed by atoms with Gasteiger partial charge in [-0.3, -0.25) is 9.89 Å². The van der Waals surface area contributed by atoms with Crippen molar-refractivity contribution in [1.82, 2.24) is 20.1 Å². The van der Waals surface area contributed by atoms with E-state index in [2.05, 4.69) is 15.5 Å². The molecule has 0 radical (unpaired) electrons. The van der Waals surface area contributed by atoms with E-state index >= 15 is 0 Å². The van der Waals surface area contributed by atoms with E-state index in [1.165, 1.54) is 0 Å². The Morgan fingerprint density at radius 2 is 2.13 bits per heavy atom. The monoisotopic (exact) mass is 350 g/mol. The predicted octanol–water partition coefficient (Wildman–Crippen LogP) is 2.99. The number of carbonyl (C=O) groups excluding carboxylic acids is 1. The van der Waals surface area contributed by atoms with Crippen molar-refractivity contribution in [2.45, 2.75) is 51.7 Å². The van der Waals surface area contributed by atoms with Crippen LogP contribution in [0.5, 0.6) is 0 Å². The molecule has 2 rings (SSSR count). The summed E-state index contributed by atoms with van der Waals surface area (Å²) in [7, 11) is 0. The Kier molecular flexibility index (Phi) is 5.83. The molecular formula is C14H21F3N4OS. The molecule has 1 amide bonds. The van der Waals surface area contributed by atoms with E-state index < -0.39 is 23.9 Å². The van der Waals surface area contributed by atoms with Gasteiger partial charge in [0.1, 0.15) is 5.82 Å². The molecule has 1 heterocycles. The van der Waals surface area contributed by atoms with Crippen molar-refractivity contribution >= 4 is 18.1 Å². The highest BCUT2D eigenvalue weighted by Crippen LogP contribution is 2.41. The summed E-state index contributed by atoms with van der Waals surface area (Å²) < 4.78 is 41.3. The van der Waals surface area contributed by atoms with E-state index in [0.717, 1.165) is 5.82 Å². The zero-order valence-corrected chi connectivity index (χ0v) is 13.8. The van der Waals surface area contributed by atoms with Gasteiger partial charge in [-0.1, -0.05) is 19.8 Å². The zero-order chi connectivity index (χ0) is 17.0. The molecule has 1 aliphatic rings. The SMILES string of the molecule is CCc1n[nH]c(=S)n1CCNC(=O)[C@H]1CCCC[C@@H]1C(F)(F)F. The fourth-order valence-corrected chi connectivity index (χ4v) is 3.35. The van der Waals surface area contributed by atoms with Crippen LogP contribution in [0.2, 0.25) is 0 Å². The van der Waals surface area contributed by atoms with Crippen molar-refractivity contribution in [3.8, 4) is 0 Å². The van der Waals surface area contributed by atoms with Crippen molar-refractivity contribution < 1.29 is 18.0 Å². The van der Waals surface area contributed by atoms with Gasteiger partial charge in [-0.05, 0) is 25.1 Å². The first-order valence-corrected chi connectivity index (χ1v) is 8.24. The van der Waals surface area contributed by atoms with Crippen molar-refractivity contribution in [2.24, 2.45) is 11.8 Å². The van der Waals surface area contributed by atoms with Crippen LogP contribution in [0.3, 0.4) is 0 Å². The second kappa shape index (κ2) is 7.46. The molecule has 1 saturated carbocycles. The van der Waals surface area contributed by atoms with Gasteiger partial charge in [-0.2, -0.15) is 18.3 Å². The molecular weight excluding hydrogens is 329 g/mol. The van der Waals surface area contributed by atoms with Crippen molar-refractivity contribution in [1.29, 1.82) is 0 Å². The average molecular weight is 350 g/mol. The lowest BCUT2D eigenvalue weighted by atomic mass is 9.78. The minimum atomic E-state index is -4.31. The van der Waals surface area contributed by atoms with Crippen LogP contribution in [-0.4, -0.2) is 33.4 Å². The van der Waals surface area contributed by atoms with Gasteiger partial charge in [0.2, 0.25) is 5.91 Å². The Labute approximate surface area is 137 Å². The lowest BCUT2D eigenvalue weighted by Crippen LogP contribution is -2.43. The number of hydrogen-bond acceptors (Lipinski definition) is 3. The standard InChI is InChI=1S/C14H21F3N4OS/c1-2-11-19-20-13(23)21(11)8-7-18-12(22)9-5-3-4-6-10(9)14(15,16)17/h9-10H,2-8H2,1H3,(H,18,22)(H,20,23)/t9-,10-/m0/s1. The first-order valence-electron chi connectivity index (χ1n) is 7.83. The summed E-state index contributed by atoms with van der Waals surface area (Å²) in [6, 6.07) is 0. The number of aryl methyl sites for hydroxylation is 1. The molecule has 0 unspecified atom stereocenters. The molecule has 0 saturated heterocycles. The van der Waals surface area contributed by atoms with E-state index in [1.807, 2.05) is 6.92 Å². The van der Waals surface area contributed by atoms with Gasteiger partial charge in [-0.25, -0.2) is 0 Å². The number of aromatic amines is 1. The lowest BCUT2D eigenvalue weighted by Gasteiger charge is -2.32. The smallest absolute Gasteiger partial charge is 0.354 e. The molecule has 2 N–H and O–H groups in total. The number of hydrogen-bond donors (Lipinski definition) is 2. The van der Waals surface area contributed by atoms with Crippen LogP contribution in [0.25, 0.3) is 0 Å². The number of nitrogens with zero attached hydrogens (tertiary/aromatic N) is 2. The Balaban J connectivity index is 1.93. The molecule has 0 aromatic carbocycles. The molecule has 9 heteroatoms. The van der Waals surface area contributed by atoms with Gasteiger partial charge >= 0.3 is 6.18 Å². The largest absolute Gasteiger partial charge is 0.392 e. The summed E-state index contributed by atoms with van der Waals surface area (Å²) in [6.07, 6.45) is -2.12. The number of rotatable bonds is 5. The second-order valence-electron chi connectivity index (χ2n) is 5.78. The van der Waals surface area contributed by atoms with Gasteiger partial charge in [-0.15, -0.1) is 0 Å². The highest BCUT2D eigenvalue weighted by atomic mass is 32.1. The predicted molar refractivity (Wildman–Crippen MR) is 81.3 cm³/mol. The highest BCUT2D eigenvalue weighted by Gasteiger charge is 2.47. The minimum Gasteiger partial charge on any atom is -0.354 e. The Hall–Kier alpha value is -1.38. The molecule has 0 bridgehead atoms. The molecule has 23 heavy (non-hydrogen) atoms. The summed E-state index contributed by atoms with van der Waals surface area (Å²) >= 11 is 5.09. The number of halogens is 3. The van der Waals surface area contributed by atoms with Crippen LogP contribution in [0.1, 0.15) is 38.4 Å². The van der Waals surface area contributed by atoms with Crippen LogP contribution >= 0.6 is 12.2 Å². The quantitative estimate of drug-likeness (QED) is 0.803. The number of carbonyl (C=O) groups is 1. The third-order valence-electron chi connectivity index (χ3n) is 4.31. The maximum Gasteiger partial charge on any atom is 0.392 e. The third kappa shape index (κ3) is 4.33. The molecule has 1 aromatic heterocycles. The first kappa shape index (κ1) is 18.0. The molecule has 130 valence electrons. The van der Waals surface area contributed by atoms with Crippen LogP contribution in [-0.2, 0) is 17.8 Å². The molecule has 0 aliphatic heterocycles. The Morgan fingerprint density at radius 1 is 1.43 bits per heavy atom. The molecule has 1 aromatic rings. The molecule has 1 aliphatic carbocycles. The normalized spacial score (nSPS) is 22.1. The van der Waals surface area contributed by atoms with Crippen LogP contribution in [0.15, 0.2) is 0 Å². The minimum absolute atomic E-state index is 0.0361. The molecule has 0 spiro atoms. The topological polar surface area (TPSA) is 62.7 Å². The van der Waals surface area contributed by atoms with Crippen molar-refractivity contribution in [3.63, 3.8) is 0 Å². The second-order valence-corrected chi connectivity index (χ2v) is 6.17. The number of H-pyrrole nitrogens is 1. The highest BCUT2D eigenvalue weighted by molar-refractivity contribution is 7.71. The third-order valence-corrected chi connectivity index (χ3v) is 4.62. The summed E-state index contributed by atoms with van der Waals surface area (Å²) in [5, 5.41) is 9.34. The fraction of sp³-hybridized carbons (Fsp3) is 0.786. The van der Waals surface area contributed by atoms with E-state index in [0.29, 0.717) is 37.0 Å². The maximum absolute atomic E-state index is 13.0. The Bertz CT molecular complexity index is 596. The summed E-state index contributed by atoms with van der Waals surface area (Å²) in [5.41, 5.74) is 0. The number of nitrogens with one attached hydrogen (secondary N) is 2. The van der Waals surface area contributed by atoms with E-state index in [4.69, 9.17) is 12.2 Å². The van der Waals surface area contributed by atoms with Gasteiger partial charge < -0.3 is 9.88 Å². The van der Waals surface area contributed by atoms with Gasteiger partial charge in [0.25, 0.3) is 0 Å². The van der Waals surface area contributed by atoms with Gasteiger partial charge in [0.15, 0.2) is 4.77 Å². The summed E-state index contributed by atoms with van der Waals surface area (Å²) in [4.78, 5) is 12.2. The van der Waals surface area contributed by atoms with Gasteiger partial charge in [0.05, 0.1) is 5.92 Å². The number of amides is 1. The lowest BCUT2D eigenvalue weighted by molar-refractivity contribution is -0.198. The summed E-state index contributed by atoms with van der Waals surface area (Å²) in [6.45, 7) is 2.56. The average Bonchev–Trinajstić information content (AvgIpc) is 2.87. The Morgan fingerprint density at radius 3 is 2.78 bits per heavy atom. The van der Waals surface area contributed by atoms with Crippen LogP contribution in [0.4, 0.5) is 13.2 Å². The van der Waals surface area contributed by atoms with Crippen molar-refractivity contribution in [2.75, 3.05) is 6.54 Å². The van der Waals surface area contributed by atoms with E-state index in [9.17, 15) is 18.0 Å². The molecule has 1 fully saturated rings. The van der Waals surface area contributed by atoms with Crippen molar-refractivity contribution in [3.05, 3.63) is 10.6 Å². The zero-order valence-electron chi connectivity index (χ0n) is 12.9. The van der Waals surface area contributed by atoms with Crippen LogP contribution < -0.4 is 5.32 Å². The first-order chi connectivity index (χ1) is 10.8.